The third-order valence-electron chi connectivity index (χ3n) is 2.54. The number of hydrogen-bond donors (Lipinski definition) is 0. The summed E-state index contributed by atoms with van der Waals surface area (Å²) < 4.78 is 0. The minimum absolute atomic E-state index is 0.190. The van der Waals surface area contributed by atoms with Crippen molar-refractivity contribution in [3.8, 4) is 6.07 Å². The van der Waals surface area contributed by atoms with E-state index in [4.69, 9.17) is 5.26 Å². The summed E-state index contributed by atoms with van der Waals surface area (Å²) in [6.45, 7) is 3.72. The first-order valence-corrected chi connectivity index (χ1v) is 6.65. The molecule has 21 heavy (non-hydrogen) atoms. The second-order valence-corrected chi connectivity index (χ2v) is 4.67. The first kappa shape index (κ1) is 16.3. The third-order valence-corrected chi connectivity index (χ3v) is 2.54. The molecule has 0 bridgehead atoms. The molecule has 0 aliphatic rings. The molecule has 0 saturated heterocycles. The van der Waals surface area contributed by atoms with E-state index in [0.717, 1.165) is 0 Å². The molecule has 0 amide bonds. The Morgan fingerprint density at radius 3 is 1.33 bits per heavy atom. The number of hydrogen-bond acceptors (Lipinski definition) is 3. The number of rotatable bonds is 3. The molecule has 2 aromatic carbocycles. The largest absolute Gasteiger partial charge is 0.285 e. The molecule has 0 saturated carbocycles. The highest BCUT2D eigenvalue weighted by molar-refractivity contribution is 6.49. The van der Waals surface area contributed by atoms with Gasteiger partial charge in [0.2, 0.25) is 11.6 Å². The summed E-state index contributed by atoms with van der Waals surface area (Å²) in [6, 6.07) is 19.2. The number of carbonyl (C=O) groups is 2. The van der Waals surface area contributed by atoms with Crippen LogP contribution in [-0.2, 0) is 0 Å². The quantitative estimate of drug-likeness (QED) is 0.632. The van der Waals surface area contributed by atoms with E-state index in [2.05, 4.69) is 0 Å². The Morgan fingerprint density at radius 1 is 0.810 bits per heavy atom. The average Bonchev–Trinajstić information content (AvgIpc) is 2.55. The molecule has 0 aliphatic heterocycles. The van der Waals surface area contributed by atoms with E-state index in [-0.39, 0.29) is 5.92 Å². The van der Waals surface area contributed by atoms with E-state index < -0.39 is 11.6 Å². The van der Waals surface area contributed by atoms with Gasteiger partial charge in [0.15, 0.2) is 0 Å². The lowest BCUT2D eigenvalue weighted by molar-refractivity contribution is 0.0817. The van der Waals surface area contributed by atoms with Gasteiger partial charge >= 0.3 is 0 Å². The Balaban J connectivity index is 0.000000383. The maximum atomic E-state index is 11.8. The van der Waals surface area contributed by atoms with Crippen molar-refractivity contribution in [3.05, 3.63) is 71.8 Å². The number of Topliss-reactive ketones (excluding diaryl/α,β-unsaturated/α-hetero) is 2. The molecular formula is C18H17NO2. The monoisotopic (exact) mass is 279 g/mol. The molecule has 0 spiro atoms. The van der Waals surface area contributed by atoms with Crippen LogP contribution < -0.4 is 0 Å². The van der Waals surface area contributed by atoms with Crippen molar-refractivity contribution in [1.82, 2.24) is 0 Å². The van der Waals surface area contributed by atoms with Crippen LogP contribution in [0.5, 0.6) is 0 Å². The summed E-state index contributed by atoms with van der Waals surface area (Å²) in [5, 5.41) is 7.89. The van der Waals surface area contributed by atoms with Crippen LogP contribution in [0.3, 0.4) is 0 Å². The van der Waals surface area contributed by atoms with Crippen LogP contribution >= 0.6 is 0 Å². The number of ketones is 2. The van der Waals surface area contributed by atoms with Crippen molar-refractivity contribution in [2.24, 2.45) is 5.92 Å². The fourth-order valence-corrected chi connectivity index (χ4v) is 1.44. The van der Waals surface area contributed by atoms with Crippen LogP contribution in [0.25, 0.3) is 0 Å². The molecular weight excluding hydrogens is 262 g/mol. The van der Waals surface area contributed by atoms with Crippen molar-refractivity contribution in [1.29, 1.82) is 5.26 Å². The van der Waals surface area contributed by atoms with Gasteiger partial charge in [0, 0.05) is 17.0 Å². The van der Waals surface area contributed by atoms with E-state index >= 15 is 0 Å². The fraction of sp³-hybridized carbons (Fsp3) is 0.167. The Hall–Kier alpha value is -2.73. The van der Waals surface area contributed by atoms with Crippen LogP contribution in [-0.4, -0.2) is 11.6 Å². The second kappa shape index (κ2) is 8.44. The molecule has 0 fully saturated rings. The minimum atomic E-state index is -0.466. The highest BCUT2D eigenvalue weighted by Crippen LogP contribution is 2.07. The summed E-state index contributed by atoms with van der Waals surface area (Å²) >= 11 is 0. The van der Waals surface area contributed by atoms with Gasteiger partial charge in [-0.05, 0) is 13.8 Å². The van der Waals surface area contributed by atoms with Gasteiger partial charge in [0.25, 0.3) is 0 Å². The molecule has 0 aliphatic carbocycles. The third kappa shape index (κ3) is 5.42. The Kier molecular flexibility index (Phi) is 6.56. The molecule has 2 aromatic rings. The van der Waals surface area contributed by atoms with Crippen molar-refractivity contribution >= 4 is 11.6 Å². The van der Waals surface area contributed by atoms with E-state index in [1.54, 1.807) is 48.5 Å². The van der Waals surface area contributed by atoms with Crippen LogP contribution in [0, 0.1) is 17.2 Å². The molecule has 0 radical (unpaired) electrons. The van der Waals surface area contributed by atoms with Gasteiger partial charge in [-0.15, -0.1) is 0 Å². The van der Waals surface area contributed by atoms with E-state index in [1.165, 1.54) is 0 Å². The number of nitrogens with zero attached hydrogens (tertiary/aromatic N) is 1. The maximum absolute atomic E-state index is 11.8. The first-order valence-electron chi connectivity index (χ1n) is 6.65. The fourth-order valence-electron chi connectivity index (χ4n) is 1.44. The summed E-state index contributed by atoms with van der Waals surface area (Å²) in [7, 11) is 0. The summed E-state index contributed by atoms with van der Waals surface area (Å²) in [4.78, 5) is 23.6. The highest BCUT2D eigenvalue weighted by Gasteiger charge is 2.16. The van der Waals surface area contributed by atoms with Crippen molar-refractivity contribution in [2.45, 2.75) is 13.8 Å². The van der Waals surface area contributed by atoms with Gasteiger partial charge in [0.05, 0.1) is 6.07 Å². The van der Waals surface area contributed by atoms with Crippen molar-refractivity contribution in [3.63, 3.8) is 0 Å². The van der Waals surface area contributed by atoms with Gasteiger partial charge < -0.3 is 0 Å². The Bertz CT molecular complexity index is 576. The van der Waals surface area contributed by atoms with Gasteiger partial charge in [-0.1, -0.05) is 60.7 Å². The summed E-state index contributed by atoms with van der Waals surface area (Å²) in [5.41, 5.74) is 0.854. The molecule has 0 unspecified atom stereocenters. The normalized spacial score (nSPS) is 9.24. The molecule has 0 N–H and O–H groups in total. The molecule has 0 aromatic heterocycles. The Labute approximate surface area is 124 Å². The molecule has 3 nitrogen and oxygen atoms in total. The minimum Gasteiger partial charge on any atom is -0.285 e. The first-order chi connectivity index (χ1) is 10.1. The van der Waals surface area contributed by atoms with Gasteiger partial charge in [-0.25, -0.2) is 0 Å². The van der Waals surface area contributed by atoms with Crippen molar-refractivity contribution < 1.29 is 9.59 Å². The lowest BCUT2D eigenvalue weighted by atomic mass is 10.0. The molecule has 106 valence electrons. The average molecular weight is 279 g/mol. The molecule has 0 heterocycles. The predicted molar refractivity (Wildman–Crippen MR) is 82.0 cm³/mol. The smallest absolute Gasteiger partial charge is 0.233 e. The predicted octanol–water partition coefficient (Wildman–Crippen LogP) is 3.92. The Morgan fingerprint density at radius 2 is 1.10 bits per heavy atom. The zero-order chi connectivity index (χ0) is 15.7. The van der Waals surface area contributed by atoms with E-state index in [1.807, 2.05) is 32.0 Å². The van der Waals surface area contributed by atoms with Crippen LogP contribution in [0.2, 0.25) is 0 Å². The lowest BCUT2D eigenvalue weighted by Gasteiger charge is -1.99. The van der Waals surface area contributed by atoms with E-state index in [0.29, 0.717) is 11.1 Å². The van der Waals surface area contributed by atoms with Crippen molar-refractivity contribution in [2.75, 3.05) is 0 Å². The maximum Gasteiger partial charge on any atom is 0.233 e. The number of carbonyl (C=O) groups excluding carboxylic acids is 2. The SMILES string of the molecule is CC(C)C#N.O=C(C(=O)c1ccccc1)c1ccccc1. The van der Waals surface area contributed by atoms with Gasteiger partial charge in [-0.3, -0.25) is 9.59 Å². The molecule has 0 atom stereocenters. The highest BCUT2D eigenvalue weighted by atomic mass is 16.2. The molecule has 2 rings (SSSR count). The number of nitriles is 1. The van der Waals surface area contributed by atoms with Crippen LogP contribution in [0.15, 0.2) is 60.7 Å². The summed E-state index contributed by atoms with van der Waals surface area (Å²) in [5.74, 6) is -0.742. The van der Waals surface area contributed by atoms with E-state index in [9.17, 15) is 9.59 Å². The zero-order valence-corrected chi connectivity index (χ0v) is 12.1. The lowest BCUT2D eigenvalue weighted by Crippen LogP contribution is -2.14. The zero-order valence-electron chi connectivity index (χ0n) is 12.1. The second-order valence-electron chi connectivity index (χ2n) is 4.67. The number of benzene rings is 2. The summed E-state index contributed by atoms with van der Waals surface area (Å²) in [6.07, 6.45) is 0. The molecule has 3 heteroatoms. The van der Waals surface area contributed by atoms with Gasteiger partial charge in [0.1, 0.15) is 0 Å². The van der Waals surface area contributed by atoms with Gasteiger partial charge in [-0.2, -0.15) is 5.26 Å². The van der Waals surface area contributed by atoms with Crippen LogP contribution in [0.4, 0.5) is 0 Å². The topological polar surface area (TPSA) is 57.9 Å². The standard InChI is InChI=1S/C14H10O2.C4H7N/c15-13(11-7-3-1-4-8-11)14(16)12-9-5-2-6-10-12;1-4(2)3-5/h1-10H;4H,1-2H3. The van der Waals surface area contributed by atoms with Crippen LogP contribution in [0.1, 0.15) is 34.6 Å².